The molecule has 0 aliphatic heterocycles. The number of anilines is 1. The van der Waals surface area contributed by atoms with Crippen LogP contribution in [0.1, 0.15) is 23.8 Å². The average Bonchev–Trinajstić information content (AvgIpc) is 2.62. The Bertz CT molecular complexity index is 894. The van der Waals surface area contributed by atoms with Crippen molar-refractivity contribution >= 4 is 17.6 Å². The van der Waals surface area contributed by atoms with Gasteiger partial charge in [-0.05, 0) is 36.8 Å². The maximum absolute atomic E-state index is 12.1. The molecule has 0 fully saturated rings. The second-order valence-electron chi connectivity index (χ2n) is 5.48. The number of halogens is 3. The summed E-state index contributed by atoms with van der Waals surface area (Å²) >= 11 is 0. The molecule has 11 heteroatoms. The Balaban J connectivity index is 1.89. The number of nitrogens with zero attached hydrogens (tertiary/aromatic N) is 2. The van der Waals surface area contributed by atoms with E-state index < -0.39 is 30.6 Å². The normalized spacial score (nSPS) is 11.0. The molecule has 0 radical (unpaired) electrons. The van der Waals surface area contributed by atoms with Crippen molar-refractivity contribution < 1.29 is 32.2 Å². The number of benzene rings is 1. The molecule has 1 aromatic heterocycles. The minimum absolute atomic E-state index is 0.130. The summed E-state index contributed by atoms with van der Waals surface area (Å²) in [7, 11) is 0. The number of ether oxygens (including phenoxy) is 2. The minimum atomic E-state index is -4.81. The lowest BCUT2D eigenvalue weighted by atomic mass is 10.3. The molecule has 0 aliphatic carbocycles. The molecule has 0 atom stereocenters. The van der Waals surface area contributed by atoms with Gasteiger partial charge in [0.1, 0.15) is 5.75 Å². The van der Waals surface area contributed by atoms with E-state index in [1.54, 1.807) is 0 Å². The molecular weight excluding hydrogens is 383 g/mol. The molecule has 150 valence electrons. The molecule has 1 heterocycles. The highest BCUT2D eigenvalue weighted by Crippen LogP contribution is 2.23. The van der Waals surface area contributed by atoms with Crippen LogP contribution in [-0.2, 0) is 16.1 Å². The van der Waals surface area contributed by atoms with Gasteiger partial charge in [-0.1, -0.05) is 6.92 Å². The predicted molar refractivity (Wildman–Crippen MR) is 90.8 cm³/mol. The summed E-state index contributed by atoms with van der Waals surface area (Å²) in [5, 5.41) is 6.21. The Hall–Kier alpha value is -3.37. The van der Waals surface area contributed by atoms with Gasteiger partial charge in [0.05, 0.1) is 0 Å². The SMILES string of the molecule is CCCn1nc(C(=O)OCC(=O)Nc2ccc(OC(F)(F)F)cc2)ccc1=O. The number of rotatable bonds is 7. The van der Waals surface area contributed by atoms with Crippen LogP contribution in [0.5, 0.6) is 5.75 Å². The number of carbonyl (C=O) groups is 2. The van der Waals surface area contributed by atoms with Gasteiger partial charge in [0.25, 0.3) is 11.5 Å². The number of amides is 1. The molecule has 2 rings (SSSR count). The summed E-state index contributed by atoms with van der Waals surface area (Å²) in [6.45, 7) is 1.52. The largest absolute Gasteiger partial charge is 0.573 e. The van der Waals surface area contributed by atoms with E-state index in [4.69, 9.17) is 4.74 Å². The fraction of sp³-hybridized carbons (Fsp3) is 0.294. The van der Waals surface area contributed by atoms with Crippen molar-refractivity contribution in [2.24, 2.45) is 0 Å². The minimum Gasteiger partial charge on any atom is -0.451 e. The number of nitrogens with one attached hydrogen (secondary N) is 1. The zero-order valence-electron chi connectivity index (χ0n) is 14.7. The maximum Gasteiger partial charge on any atom is 0.573 e. The summed E-state index contributed by atoms with van der Waals surface area (Å²) in [4.78, 5) is 35.3. The highest BCUT2D eigenvalue weighted by Gasteiger charge is 2.30. The van der Waals surface area contributed by atoms with Crippen molar-refractivity contribution in [3.63, 3.8) is 0 Å². The molecule has 0 bridgehead atoms. The van der Waals surface area contributed by atoms with Crippen LogP contribution in [0, 0.1) is 0 Å². The summed E-state index contributed by atoms with van der Waals surface area (Å²) in [6.07, 6.45) is -4.17. The summed E-state index contributed by atoms with van der Waals surface area (Å²) < 4.78 is 45.9. The fourth-order valence-corrected chi connectivity index (χ4v) is 2.07. The quantitative estimate of drug-likeness (QED) is 0.718. The standard InChI is InChI=1S/C17H16F3N3O5/c1-2-9-23-15(25)8-7-13(22-23)16(26)27-10-14(24)21-11-3-5-12(6-4-11)28-17(18,19)20/h3-8H,2,9-10H2,1H3,(H,21,24). The molecule has 8 nitrogen and oxygen atoms in total. The lowest BCUT2D eigenvalue weighted by molar-refractivity contribution is -0.274. The monoisotopic (exact) mass is 399 g/mol. The summed E-state index contributed by atoms with van der Waals surface area (Å²) in [6, 6.07) is 6.80. The first-order valence-corrected chi connectivity index (χ1v) is 8.09. The Morgan fingerprint density at radius 3 is 2.43 bits per heavy atom. The lowest BCUT2D eigenvalue weighted by Crippen LogP contribution is -2.26. The Labute approximate surface area is 156 Å². The van der Waals surface area contributed by atoms with Crippen LogP contribution in [-0.4, -0.2) is 34.6 Å². The van der Waals surface area contributed by atoms with E-state index >= 15 is 0 Å². The number of alkyl halides is 3. The van der Waals surface area contributed by atoms with E-state index in [0.717, 1.165) is 16.8 Å². The van der Waals surface area contributed by atoms with Crippen LogP contribution >= 0.6 is 0 Å². The highest BCUT2D eigenvalue weighted by molar-refractivity contribution is 5.94. The van der Waals surface area contributed by atoms with Crippen LogP contribution in [0.4, 0.5) is 18.9 Å². The number of esters is 1. The van der Waals surface area contributed by atoms with Crippen molar-refractivity contribution in [3.8, 4) is 5.75 Å². The van der Waals surface area contributed by atoms with Gasteiger partial charge < -0.3 is 14.8 Å². The van der Waals surface area contributed by atoms with Crippen LogP contribution in [0.15, 0.2) is 41.2 Å². The predicted octanol–water partition coefficient (Wildman–Crippen LogP) is 2.35. The molecular formula is C17H16F3N3O5. The Morgan fingerprint density at radius 1 is 1.14 bits per heavy atom. The zero-order chi connectivity index (χ0) is 20.7. The Morgan fingerprint density at radius 2 is 1.82 bits per heavy atom. The van der Waals surface area contributed by atoms with E-state index in [9.17, 15) is 27.6 Å². The van der Waals surface area contributed by atoms with Gasteiger partial charge in [0, 0.05) is 18.3 Å². The summed E-state index contributed by atoms with van der Waals surface area (Å²) in [5.74, 6) is -2.04. The fourth-order valence-electron chi connectivity index (χ4n) is 2.07. The third kappa shape index (κ3) is 6.41. The molecule has 0 unspecified atom stereocenters. The van der Waals surface area contributed by atoms with Gasteiger partial charge in [-0.3, -0.25) is 9.59 Å². The molecule has 0 saturated heterocycles. The van der Waals surface area contributed by atoms with Crippen molar-refractivity contribution in [1.82, 2.24) is 9.78 Å². The first-order chi connectivity index (χ1) is 13.2. The van der Waals surface area contributed by atoms with Crippen LogP contribution < -0.4 is 15.6 Å². The van der Waals surface area contributed by atoms with Crippen molar-refractivity contribution in [2.75, 3.05) is 11.9 Å². The number of hydrogen-bond acceptors (Lipinski definition) is 6. The first kappa shape index (κ1) is 20.9. The third-order valence-electron chi connectivity index (χ3n) is 3.22. The Kier molecular flexibility index (Phi) is 6.74. The average molecular weight is 399 g/mol. The third-order valence-corrected chi connectivity index (χ3v) is 3.22. The van der Waals surface area contributed by atoms with E-state index in [2.05, 4.69) is 15.2 Å². The first-order valence-electron chi connectivity index (χ1n) is 8.09. The van der Waals surface area contributed by atoms with Gasteiger partial charge >= 0.3 is 12.3 Å². The zero-order valence-corrected chi connectivity index (χ0v) is 14.7. The maximum atomic E-state index is 12.1. The number of aryl methyl sites for hydroxylation is 1. The molecule has 1 N–H and O–H groups in total. The van der Waals surface area contributed by atoms with E-state index in [1.807, 2.05) is 6.92 Å². The summed E-state index contributed by atoms with van der Waals surface area (Å²) in [5.41, 5.74) is -0.311. The van der Waals surface area contributed by atoms with E-state index in [1.165, 1.54) is 24.3 Å². The smallest absolute Gasteiger partial charge is 0.451 e. The van der Waals surface area contributed by atoms with Crippen LogP contribution in [0.25, 0.3) is 0 Å². The van der Waals surface area contributed by atoms with Crippen molar-refractivity contribution in [1.29, 1.82) is 0 Å². The molecule has 1 amide bonds. The second kappa shape index (κ2) is 9.02. The van der Waals surface area contributed by atoms with Gasteiger partial charge in [-0.15, -0.1) is 13.2 Å². The number of carbonyl (C=O) groups excluding carboxylic acids is 2. The second-order valence-corrected chi connectivity index (χ2v) is 5.48. The molecule has 0 aliphatic rings. The molecule has 2 aromatic rings. The topological polar surface area (TPSA) is 99.5 Å². The number of hydrogen-bond donors (Lipinski definition) is 1. The lowest BCUT2D eigenvalue weighted by Gasteiger charge is -2.10. The van der Waals surface area contributed by atoms with Gasteiger partial charge in [-0.2, -0.15) is 5.10 Å². The molecule has 0 spiro atoms. The highest BCUT2D eigenvalue weighted by atomic mass is 19.4. The molecule has 1 aromatic carbocycles. The molecule has 0 saturated carbocycles. The van der Waals surface area contributed by atoms with E-state index in [0.29, 0.717) is 13.0 Å². The van der Waals surface area contributed by atoms with Gasteiger partial charge in [0.2, 0.25) is 0 Å². The van der Waals surface area contributed by atoms with E-state index in [-0.39, 0.29) is 16.9 Å². The van der Waals surface area contributed by atoms with Gasteiger partial charge in [-0.25, -0.2) is 9.48 Å². The number of aromatic nitrogens is 2. The van der Waals surface area contributed by atoms with Crippen molar-refractivity contribution in [3.05, 3.63) is 52.4 Å². The van der Waals surface area contributed by atoms with Crippen molar-refractivity contribution in [2.45, 2.75) is 26.3 Å². The molecule has 28 heavy (non-hydrogen) atoms. The van der Waals surface area contributed by atoms with Crippen LogP contribution in [0.2, 0.25) is 0 Å². The van der Waals surface area contributed by atoms with Crippen LogP contribution in [0.3, 0.4) is 0 Å². The van der Waals surface area contributed by atoms with Gasteiger partial charge in [0.15, 0.2) is 12.3 Å².